The second kappa shape index (κ2) is 5.08. The lowest BCUT2D eigenvalue weighted by molar-refractivity contribution is -0.148. The number of carbonyl (C=O) groups is 1. The first-order valence-electron chi connectivity index (χ1n) is 9.46. The summed E-state index contributed by atoms with van der Waals surface area (Å²) in [5.41, 5.74) is 1.75. The first-order valence-corrected chi connectivity index (χ1v) is 9.46. The highest BCUT2D eigenvalue weighted by Gasteiger charge is 2.59. The van der Waals surface area contributed by atoms with E-state index in [0.29, 0.717) is 17.8 Å². The van der Waals surface area contributed by atoms with E-state index < -0.39 is 5.97 Å². The van der Waals surface area contributed by atoms with E-state index in [1.807, 2.05) is 0 Å². The maximum Gasteiger partial charge on any atom is 0.307 e. The molecule has 2 N–H and O–H groups in total. The van der Waals surface area contributed by atoms with Crippen molar-refractivity contribution in [3.8, 4) is 0 Å². The van der Waals surface area contributed by atoms with Crippen LogP contribution in [0.2, 0.25) is 0 Å². The molecular formula is C20H30O3. The Morgan fingerprint density at radius 1 is 1.13 bits per heavy atom. The Morgan fingerprint density at radius 2 is 1.91 bits per heavy atom. The number of hydrogen-bond donors (Lipinski definition) is 2. The van der Waals surface area contributed by atoms with E-state index in [-0.39, 0.29) is 22.9 Å². The number of carboxylic acid groups (broad SMARTS) is 1. The minimum absolute atomic E-state index is 0.00286. The molecule has 4 rings (SSSR count). The average molecular weight is 318 g/mol. The predicted molar refractivity (Wildman–Crippen MR) is 88.8 cm³/mol. The zero-order chi connectivity index (χ0) is 16.4. The van der Waals surface area contributed by atoms with Crippen LogP contribution in [0.4, 0.5) is 0 Å². The molecule has 3 saturated carbocycles. The largest absolute Gasteiger partial charge is 0.481 e. The number of aliphatic carboxylic acids is 1. The second-order valence-corrected chi connectivity index (χ2v) is 9.17. The Kier molecular flexibility index (Phi) is 3.46. The van der Waals surface area contributed by atoms with Crippen LogP contribution >= 0.6 is 0 Å². The van der Waals surface area contributed by atoms with Gasteiger partial charge in [0, 0.05) is 0 Å². The first kappa shape index (κ1) is 15.7. The first-order chi connectivity index (χ1) is 10.9. The lowest BCUT2D eigenvalue weighted by Gasteiger charge is -2.57. The van der Waals surface area contributed by atoms with Crippen LogP contribution in [-0.4, -0.2) is 22.3 Å². The zero-order valence-electron chi connectivity index (χ0n) is 14.4. The molecule has 3 nitrogen and oxygen atoms in total. The monoisotopic (exact) mass is 318 g/mol. The molecule has 3 fully saturated rings. The summed E-state index contributed by atoms with van der Waals surface area (Å²) in [6.45, 7) is 4.68. The average Bonchev–Trinajstić information content (AvgIpc) is 2.85. The lowest BCUT2D eigenvalue weighted by Crippen LogP contribution is -2.51. The van der Waals surface area contributed by atoms with Crippen LogP contribution in [0.3, 0.4) is 0 Å². The number of aliphatic hydroxyl groups excluding tert-OH is 1. The quantitative estimate of drug-likeness (QED) is 0.718. The normalized spacial score (nSPS) is 52.1. The fourth-order valence-electron chi connectivity index (χ4n) is 7.05. The highest BCUT2D eigenvalue weighted by atomic mass is 16.4. The summed E-state index contributed by atoms with van der Waals surface area (Å²) in [6, 6.07) is 0. The fraction of sp³-hybridized carbons (Fsp3) is 0.850. The van der Waals surface area contributed by atoms with Crippen molar-refractivity contribution in [2.45, 2.75) is 71.3 Å². The molecule has 0 aromatic rings. The molecule has 0 aliphatic heterocycles. The molecule has 5 unspecified atom stereocenters. The molecule has 4 aliphatic rings. The highest BCUT2D eigenvalue weighted by Crippen LogP contribution is 2.66. The Hall–Kier alpha value is -0.830. The van der Waals surface area contributed by atoms with Gasteiger partial charge < -0.3 is 10.2 Å². The number of hydrogen-bond acceptors (Lipinski definition) is 2. The number of rotatable bonds is 1. The predicted octanol–water partition coefficient (Wildman–Crippen LogP) is 4.01. The maximum atomic E-state index is 11.7. The second-order valence-electron chi connectivity index (χ2n) is 9.17. The van der Waals surface area contributed by atoms with Gasteiger partial charge in [-0.2, -0.15) is 0 Å². The smallest absolute Gasteiger partial charge is 0.307 e. The van der Waals surface area contributed by atoms with Crippen molar-refractivity contribution in [1.29, 1.82) is 0 Å². The summed E-state index contributed by atoms with van der Waals surface area (Å²) in [5.74, 6) is 1.21. The van der Waals surface area contributed by atoms with Gasteiger partial charge in [-0.25, -0.2) is 0 Å². The van der Waals surface area contributed by atoms with Gasteiger partial charge >= 0.3 is 5.97 Å². The van der Waals surface area contributed by atoms with E-state index in [4.69, 9.17) is 0 Å². The molecule has 0 aromatic heterocycles. The summed E-state index contributed by atoms with van der Waals surface area (Å²) in [4.78, 5) is 11.7. The topological polar surface area (TPSA) is 57.5 Å². The molecule has 0 spiro atoms. The maximum absolute atomic E-state index is 11.7. The van der Waals surface area contributed by atoms with Crippen LogP contribution in [0, 0.1) is 34.5 Å². The van der Waals surface area contributed by atoms with Crippen LogP contribution in [0.1, 0.15) is 65.2 Å². The van der Waals surface area contributed by atoms with Crippen LogP contribution in [0.25, 0.3) is 0 Å². The van der Waals surface area contributed by atoms with Crippen molar-refractivity contribution in [2.24, 2.45) is 34.5 Å². The molecule has 128 valence electrons. The van der Waals surface area contributed by atoms with Crippen molar-refractivity contribution < 1.29 is 15.0 Å². The van der Waals surface area contributed by atoms with Crippen LogP contribution in [0.15, 0.2) is 11.6 Å². The van der Waals surface area contributed by atoms with E-state index in [2.05, 4.69) is 19.9 Å². The Balaban J connectivity index is 1.66. The van der Waals surface area contributed by atoms with E-state index in [1.54, 1.807) is 0 Å². The minimum Gasteiger partial charge on any atom is -0.481 e. The summed E-state index contributed by atoms with van der Waals surface area (Å²) in [5, 5.41) is 19.7. The minimum atomic E-state index is -0.576. The highest BCUT2D eigenvalue weighted by molar-refractivity contribution is 5.71. The third-order valence-electron chi connectivity index (χ3n) is 8.38. The third-order valence-corrected chi connectivity index (χ3v) is 8.38. The number of aliphatic hydroxyl groups is 1. The molecular weight excluding hydrogens is 288 g/mol. The molecule has 0 radical (unpaired) electrons. The van der Waals surface area contributed by atoms with Crippen LogP contribution in [-0.2, 0) is 4.79 Å². The van der Waals surface area contributed by atoms with Crippen molar-refractivity contribution in [1.82, 2.24) is 0 Å². The zero-order valence-corrected chi connectivity index (χ0v) is 14.4. The Morgan fingerprint density at radius 3 is 2.65 bits per heavy atom. The summed E-state index contributed by atoms with van der Waals surface area (Å²) in [7, 11) is 0. The van der Waals surface area contributed by atoms with E-state index >= 15 is 0 Å². The van der Waals surface area contributed by atoms with E-state index in [9.17, 15) is 15.0 Å². The fourth-order valence-corrected chi connectivity index (χ4v) is 7.05. The van der Waals surface area contributed by atoms with Gasteiger partial charge in [0.25, 0.3) is 0 Å². The van der Waals surface area contributed by atoms with Gasteiger partial charge in [0.2, 0.25) is 0 Å². The Labute approximate surface area is 139 Å². The standard InChI is InChI=1S/C20H30O3/c1-19-9-7-13(21)11-12(19)3-4-14-15-5-6-17(18(22)23)20(15,2)10-8-16(14)19/h3,13-17,21H,4-11H2,1-2H3,(H,22,23)/t13?,14?,15?,16?,17?,19-,20-/m0/s1. The van der Waals surface area contributed by atoms with Crippen LogP contribution < -0.4 is 0 Å². The molecule has 4 aliphatic carbocycles. The third kappa shape index (κ3) is 2.08. The molecule has 0 saturated heterocycles. The molecule has 7 atom stereocenters. The van der Waals surface area contributed by atoms with Crippen molar-refractivity contribution in [3.05, 3.63) is 11.6 Å². The van der Waals surface area contributed by atoms with Gasteiger partial charge in [-0.15, -0.1) is 0 Å². The summed E-state index contributed by atoms with van der Waals surface area (Å²) < 4.78 is 0. The van der Waals surface area contributed by atoms with Gasteiger partial charge in [0.05, 0.1) is 12.0 Å². The van der Waals surface area contributed by atoms with Gasteiger partial charge in [0.15, 0.2) is 0 Å². The van der Waals surface area contributed by atoms with Gasteiger partial charge in [-0.1, -0.05) is 25.5 Å². The summed E-state index contributed by atoms with van der Waals surface area (Å²) >= 11 is 0. The lowest BCUT2D eigenvalue weighted by atomic mass is 9.47. The molecule has 23 heavy (non-hydrogen) atoms. The molecule has 0 heterocycles. The molecule has 0 aromatic carbocycles. The van der Waals surface area contributed by atoms with Gasteiger partial charge in [-0.05, 0) is 80.0 Å². The number of carboxylic acids is 1. The SMILES string of the molecule is C[C@]12CCC3C(CC=C4CC(O)CC[C@@]43C)C1CCC2C(=O)O. The van der Waals surface area contributed by atoms with Gasteiger partial charge in [0.1, 0.15) is 0 Å². The van der Waals surface area contributed by atoms with Crippen molar-refractivity contribution in [2.75, 3.05) is 0 Å². The van der Waals surface area contributed by atoms with Crippen molar-refractivity contribution >= 4 is 5.97 Å². The number of fused-ring (bicyclic) bond motifs is 5. The number of allylic oxidation sites excluding steroid dienone is 1. The van der Waals surface area contributed by atoms with Crippen LogP contribution in [0.5, 0.6) is 0 Å². The van der Waals surface area contributed by atoms with E-state index in [0.717, 1.165) is 44.9 Å². The molecule has 0 bridgehead atoms. The Bertz CT molecular complexity index is 553. The molecule has 3 heteroatoms. The summed E-state index contributed by atoms with van der Waals surface area (Å²) in [6.07, 6.45) is 10.5. The van der Waals surface area contributed by atoms with Crippen molar-refractivity contribution in [3.63, 3.8) is 0 Å². The van der Waals surface area contributed by atoms with E-state index in [1.165, 1.54) is 12.0 Å². The molecule has 0 amide bonds. The van der Waals surface area contributed by atoms with Gasteiger partial charge in [-0.3, -0.25) is 4.79 Å².